The van der Waals surface area contributed by atoms with Gasteiger partial charge in [-0.3, -0.25) is 4.79 Å². The first-order valence-corrected chi connectivity index (χ1v) is 5.04. The van der Waals surface area contributed by atoms with Crippen LogP contribution in [0.1, 0.15) is 22.5 Å². The fraction of sp³-hybridized carbons (Fsp3) is 0.444. The Morgan fingerprint density at radius 3 is 3.08 bits per heavy atom. The number of nitrogens with one attached hydrogen (secondary N) is 1. The zero-order valence-corrected chi connectivity index (χ0v) is 7.56. The third kappa shape index (κ3) is 1.93. The van der Waals surface area contributed by atoms with Crippen LogP contribution in [0.25, 0.3) is 0 Å². The average Bonchev–Trinajstić information content (AvgIpc) is 2.74. The number of hydrogen-bond acceptors (Lipinski definition) is 3. The van der Waals surface area contributed by atoms with Crippen molar-refractivity contribution in [2.24, 2.45) is 0 Å². The summed E-state index contributed by atoms with van der Waals surface area (Å²) in [6, 6.07) is 4.41. The second-order valence-corrected chi connectivity index (χ2v) is 4.00. The molecule has 1 saturated carbocycles. The highest BCUT2D eigenvalue weighted by Gasteiger charge is 2.21. The van der Waals surface area contributed by atoms with E-state index in [0.29, 0.717) is 12.6 Å². The standard InChI is InChI=1S/C9H11NOS/c11-8(6-10-7-3-4-7)9-2-1-5-12-9/h1-2,5,7,10H,3-4,6H2. The Bertz CT molecular complexity index is 264. The number of carbonyl (C=O) groups excluding carboxylic acids is 1. The summed E-state index contributed by atoms with van der Waals surface area (Å²) in [5, 5.41) is 5.14. The van der Waals surface area contributed by atoms with Crippen LogP contribution in [-0.4, -0.2) is 18.4 Å². The lowest BCUT2D eigenvalue weighted by Crippen LogP contribution is -2.24. The minimum atomic E-state index is 0.219. The molecule has 0 aromatic carbocycles. The normalized spacial score (nSPS) is 16.3. The van der Waals surface area contributed by atoms with Gasteiger partial charge in [0.15, 0.2) is 5.78 Å². The maximum absolute atomic E-state index is 11.4. The highest BCUT2D eigenvalue weighted by Crippen LogP contribution is 2.18. The van der Waals surface area contributed by atoms with Crippen molar-refractivity contribution in [2.45, 2.75) is 18.9 Å². The Labute approximate surface area is 75.6 Å². The molecule has 1 aliphatic rings. The second kappa shape index (κ2) is 3.37. The Kier molecular flexibility index (Phi) is 2.23. The predicted molar refractivity (Wildman–Crippen MR) is 49.7 cm³/mol. The van der Waals surface area contributed by atoms with Crippen molar-refractivity contribution >= 4 is 17.1 Å². The van der Waals surface area contributed by atoms with Gasteiger partial charge in [-0.15, -0.1) is 11.3 Å². The Hall–Kier alpha value is -0.670. The van der Waals surface area contributed by atoms with E-state index in [1.165, 1.54) is 24.2 Å². The van der Waals surface area contributed by atoms with Crippen molar-refractivity contribution in [1.29, 1.82) is 0 Å². The van der Waals surface area contributed by atoms with E-state index in [0.717, 1.165) is 4.88 Å². The third-order valence-corrected chi connectivity index (χ3v) is 2.84. The molecule has 1 aromatic rings. The number of carbonyl (C=O) groups is 1. The molecule has 0 bridgehead atoms. The van der Waals surface area contributed by atoms with Gasteiger partial charge in [0.05, 0.1) is 11.4 Å². The van der Waals surface area contributed by atoms with Gasteiger partial charge in [-0.2, -0.15) is 0 Å². The van der Waals surface area contributed by atoms with E-state index in [4.69, 9.17) is 0 Å². The predicted octanol–water partition coefficient (Wildman–Crippen LogP) is 1.68. The van der Waals surface area contributed by atoms with Crippen LogP contribution in [0.2, 0.25) is 0 Å². The van der Waals surface area contributed by atoms with Crippen LogP contribution < -0.4 is 5.32 Å². The van der Waals surface area contributed by atoms with Crippen molar-refractivity contribution in [1.82, 2.24) is 5.32 Å². The summed E-state index contributed by atoms with van der Waals surface area (Å²) < 4.78 is 0. The van der Waals surface area contributed by atoms with Crippen LogP contribution in [0.15, 0.2) is 17.5 Å². The lowest BCUT2D eigenvalue weighted by Gasteiger charge is -1.98. The highest BCUT2D eigenvalue weighted by atomic mass is 32.1. The first-order chi connectivity index (χ1) is 5.86. The van der Waals surface area contributed by atoms with E-state index >= 15 is 0 Å². The van der Waals surface area contributed by atoms with E-state index < -0.39 is 0 Å². The molecule has 0 atom stereocenters. The molecule has 2 nitrogen and oxygen atoms in total. The maximum atomic E-state index is 11.4. The Balaban J connectivity index is 1.83. The van der Waals surface area contributed by atoms with Gasteiger partial charge in [-0.25, -0.2) is 0 Å². The molecule has 64 valence electrons. The number of ketones is 1. The zero-order chi connectivity index (χ0) is 8.39. The minimum Gasteiger partial charge on any atom is -0.307 e. The minimum absolute atomic E-state index is 0.219. The van der Waals surface area contributed by atoms with Crippen LogP contribution >= 0.6 is 11.3 Å². The van der Waals surface area contributed by atoms with Crippen LogP contribution in [0, 0.1) is 0 Å². The van der Waals surface area contributed by atoms with E-state index in [-0.39, 0.29) is 5.78 Å². The third-order valence-electron chi connectivity index (χ3n) is 1.92. The number of hydrogen-bond donors (Lipinski definition) is 1. The lowest BCUT2D eigenvalue weighted by molar-refractivity contribution is 0.0994. The average molecular weight is 181 g/mol. The van der Waals surface area contributed by atoms with Crippen LogP contribution in [0.5, 0.6) is 0 Å². The van der Waals surface area contributed by atoms with Gasteiger partial charge in [0.1, 0.15) is 0 Å². The van der Waals surface area contributed by atoms with E-state index in [9.17, 15) is 4.79 Å². The van der Waals surface area contributed by atoms with Crippen molar-refractivity contribution in [3.05, 3.63) is 22.4 Å². The molecule has 0 aliphatic heterocycles. The molecule has 2 rings (SSSR count). The summed E-state index contributed by atoms with van der Waals surface area (Å²) in [4.78, 5) is 12.2. The van der Waals surface area contributed by atoms with E-state index in [1.54, 1.807) is 0 Å². The molecule has 0 spiro atoms. The number of rotatable bonds is 4. The summed E-state index contributed by atoms with van der Waals surface area (Å²) in [6.07, 6.45) is 2.47. The lowest BCUT2D eigenvalue weighted by atomic mass is 10.3. The van der Waals surface area contributed by atoms with E-state index in [2.05, 4.69) is 5.32 Å². The summed E-state index contributed by atoms with van der Waals surface area (Å²) in [5.41, 5.74) is 0. The topological polar surface area (TPSA) is 29.1 Å². The molecule has 0 amide bonds. The van der Waals surface area contributed by atoms with Crippen molar-refractivity contribution < 1.29 is 4.79 Å². The molecule has 12 heavy (non-hydrogen) atoms. The Morgan fingerprint density at radius 2 is 2.50 bits per heavy atom. The van der Waals surface area contributed by atoms with Gasteiger partial charge in [0.2, 0.25) is 0 Å². The van der Waals surface area contributed by atoms with E-state index in [1.807, 2.05) is 17.5 Å². The summed E-state index contributed by atoms with van der Waals surface area (Å²) >= 11 is 1.51. The monoisotopic (exact) mass is 181 g/mol. The Morgan fingerprint density at radius 1 is 1.67 bits per heavy atom. The number of Topliss-reactive ketones (excluding diaryl/α,β-unsaturated/α-hetero) is 1. The molecule has 0 radical (unpaired) electrons. The molecular formula is C9H11NOS. The number of thiophene rings is 1. The summed E-state index contributed by atoms with van der Waals surface area (Å²) in [6.45, 7) is 0.505. The van der Waals surface area contributed by atoms with Crippen molar-refractivity contribution in [2.75, 3.05) is 6.54 Å². The maximum Gasteiger partial charge on any atom is 0.186 e. The largest absolute Gasteiger partial charge is 0.307 e. The van der Waals surface area contributed by atoms with Gasteiger partial charge in [0, 0.05) is 6.04 Å². The smallest absolute Gasteiger partial charge is 0.186 e. The van der Waals surface area contributed by atoms with Gasteiger partial charge >= 0.3 is 0 Å². The van der Waals surface area contributed by atoms with Gasteiger partial charge < -0.3 is 5.32 Å². The van der Waals surface area contributed by atoms with Crippen molar-refractivity contribution in [3.8, 4) is 0 Å². The molecular weight excluding hydrogens is 170 g/mol. The summed E-state index contributed by atoms with van der Waals surface area (Å²) in [7, 11) is 0. The molecule has 0 saturated heterocycles. The van der Waals surface area contributed by atoms with Gasteiger partial charge in [0.25, 0.3) is 0 Å². The fourth-order valence-electron chi connectivity index (χ4n) is 1.05. The summed E-state index contributed by atoms with van der Waals surface area (Å²) in [5.74, 6) is 0.219. The van der Waals surface area contributed by atoms with Crippen LogP contribution in [-0.2, 0) is 0 Å². The molecule has 1 aliphatic carbocycles. The zero-order valence-electron chi connectivity index (χ0n) is 6.75. The first-order valence-electron chi connectivity index (χ1n) is 4.16. The first kappa shape index (κ1) is 7.95. The van der Waals surface area contributed by atoms with Crippen LogP contribution in [0.4, 0.5) is 0 Å². The molecule has 1 N–H and O–H groups in total. The van der Waals surface area contributed by atoms with Gasteiger partial charge in [-0.05, 0) is 24.3 Å². The molecule has 3 heteroatoms. The van der Waals surface area contributed by atoms with Gasteiger partial charge in [-0.1, -0.05) is 6.07 Å². The molecule has 0 unspecified atom stereocenters. The van der Waals surface area contributed by atoms with Crippen molar-refractivity contribution in [3.63, 3.8) is 0 Å². The highest BCUT2D eigenvalue weighted by molar-refractivity contribution is 7.12. The molecule has 1 aromatic heterocycles. The second-order valence-electron chi connectivity index (χ2n) is 3.06. The SMILES string of the molecule is O=C(CNC1CC1)c1cccs1. The van der Waals surface area contributed by atoms with Crippen LogP contribution in [0.3, 0.4) is 0 Å². The molecule has 1 heterocycles. The quantitative estimate of drug-likeness (QED) is 0.716. The fourth-order valence-corrected chi connectivity index (χ4v) is 1.71. The molecule has 1 fully saturated rings.